The normalized spacial score (nSPS) is 10.6. The second-order valence-corrected chi connectivity index (χ2v) is 5.71. The van der Waals surface area contributed by atoms with Crippen molar-refractivity contribution in [2.24, 2.45) is 0 Å². The molecular weight excluding hydrogens is 376 g/mol. The number of nitrogens with zero attached hydrogens (tertiary/aromatic N) is 2. The van der Waals surface area contributed by atoms with E-state index in [1.54, 1.807) is 18.2 Å². The largest absolute Gasteiger partial charge is 0.338 e. The molecule has 2 N–H and O–H groups in total. The summed E-state index contributed by atoms with van der Waals surface area (Å²) >= 11 is 11.9. The number of hydrogen-bond donors (Lipinski definition) is 2. The molecule has 0 radical (unpaired) electrons. The summed E-state index contributed by atoms with van der Waals surface area (Å²) < 4.78 is 40.0. The predicted octanol–water partition coefficient (Wildman–Crippen LogP) is 5.69. The van der Waals surface area contributed by atoms with Gasteiger partial charge in [0.15, 0.2) is 17.5 Å². The molecule has 1 heterocycles. The van der Waals surface area contributed by atoms with E-state index in [0.717, 1.165) is 12.1 Å². The molecule has 25 heavy (non-hydrogen) atoms. The van der Waals surface area contributed by atoms with Gasteiger partial charge in [0.25, 0.3) is 0 Å². The van der Waals surface area contributed by atoms with E-state index < -0.39 is 17.5 Å². The lowest BCUT2D eigenvalue weighted by Crippen LogP contribution is -2.03. The Labute approximate surface area is 150 Å². The summed E-state index contributed by atoms with van der Waals surface area (Å²) in [5.74, 6) is -3.84. The minimum absolute atomic E-state index is 0.164. The van der Waals surface area contributed by atoms with E-state index in [-0.39, 0.29) is 17.5 Å². The second-order valence-electron chi connectivity index (χ2n) is 4.86. The number of anilines is 4. The zero-order chi connectivity index (χ0) is 18.0. The monoisotopic (exact) mass is 384 g/mol. The Hall–Kier alpha value is -2.51. The van der Waals surface area contributed by atoms with Gasteiger partial charge in [-0.2, -0.15) is 4.98 Å². The number of benzene rings is 2. The van der Waals surface area contributed by atoms with Crippen molar-refractivity contribution >= 4 is 46.3 Å². The molecule has 128 valence electrons. The summed E-state index contributed by atoms with van der Waals surface area (Å²) in [6.07, 6.45) is 1.40. The molecule has 0 saturated heterocycles. The van der Waals surface area contributed by atoms with Crippen molar-refractivity contribution in [2.45, 2.75) is 0 Å². The fraction of sp³-hybridized carbons (Fsp3) is 0. The second kappa shape index (κ2) is 7.16. The lowest BCUT2D eigenvalue weighted by molar-refractivity contribution is 0.449. The van der Waals surface area contributed by atoms with Crippen LogP contribution in [0.15, 0.2) is 42.6 Å². The highest BCUT2D eigenvalue weighted by Gasteiger charge is 2.14. The lowest BCUT2D eigenvalue weighted by Gasteiger charge is -2.10. The third-order valence-electron chi connectivity index (χ3n) is 3.13. The van der Waals surface area contributed by atoms with Crippen LogP contribution in [0.3, 0.4) is 0 Å². The van der Waals surface area contributed by atoms with E-state index in [0.29, 0.717) is 15.7 Å². The summed E-state index contributed by atoms with van der Waals surface area (Å²) in [7, 11) is 0. The van der Waals surface area contributed by atoms with Crippen LogP contribution in [0.1, 0.15) is 0 Å². The van der Waals surface area contributed by atoms with Crippen LogP contribution in [0, 0.1) is 17.5 Å². The molecule has 0 aliphatic heterocycles. The smallest absolute Gasteiger partial charge is 0.229 e. The molecule has 9 heteroatoms. The third-order valence-corrected chi connectivity index (χ3v) is 3.68. The first kappa shape index (κ1) is 17.3. The van der Waals surface area contributed by atoms with Crippen molar-refractivity contribution in [3.8, 4) is 0 Å². The standard InChI is InChI=1S/C16H9Cl2F3N4/c17-8-1-3-11(9(18)7-8)24-16-22-6-5-13(25-16)23-12-4-2-10(19)14(20)15(12)21/h1-7H,(H2,22,23,24,25). The van der Waals surface area contributed by atoms with Gasteiger partial charge in [-0.1, -0.05) is 23.2 Å². The van der Waals surface area contributed by atoms with Gasteiger partial charge in [0, 0.05) is 11.2 Å². The molecule has 2 aromatic carbocycles. The van der Waals surface area contributed by atoms with Gasteiger partial charge in [0.1, 0.15) is 5.82 Å². The van der Waals surface area contributed by atoms with Crippen molar-refractivity contribution in [2.75, 3.05) is 10.6 Å². The lowest BCUT2D eigenvalue weighted by atomic mass is 10.3. The van der Waals surface area contributed by atoms with Crippen LogP contribution in [-0.4, -0.2) is 9.97 Å². The van der Waals surface area contributed by atoms with Gasteiger partial charge in [-0.25, -0.2) is 18.2 Å². The first-order chi connectivity index (χ1) is 11.9. The van der Waals surface area contributed by atoms with Crippen LogP contribution >= 0.6 is 23.2 Å². The summed E-state index contributed by atoms with van der Waals surface area (Å²) in [6, 6.07) is 8.14. The quantitative estimate of drug-likeness (QED) is 0.567. The Kier molecular flexibility index (Phi) is 4.96. The van der Waals surface area contributed by atoms with E-state index >= 15 is 0 Å². The molecule has 0 amide bonds. The zero-order valence-corrected chi connectivity index (χ0v) is 13.8. The molecule has 0 spiro atoms. The Balaban J connectivity index is 1.83. The average molecular weight is 385 g/mol. The van der Waals surface area contributed by atoms with Crippen molar-refractivity contribution in [3.63, 3.8) is 0 Å². The summed E-state index contributed by atoms with van der Waals surface area (Å²) in [4.78, 5) is 8.12. The summed E-state index contributed by atoms with van der Waals surface area (Å²) in [6.45, 7) is 0. The molecule has 0 aliphatic carbocycles. The van der Waals surface area contributed by atoms with Gasteiger partial charge in [0.05, 0.1) is 16.4 Å². The molecule has 0 bridgehead atoms. The van der Waals surface area contributed by atoms with E-state index in [1.165, 1.54) is 12.3 Å². The fourth-order valence-corrected chi connectivity index (χ4v) is 2.42. The summed E-state index contributed by atoms with van der Waals surface area (Å²) in [5, 5.41) is 6.28. The van der Waals surface area contributed by atoms with Crippen LogP contribution in [0.5, 0.6) is 0 Å². The molecule has 0 unspecified atom stereocenters. The van der Waals surface area contributed by atoms with Crippen LogP contribution in [0.4, 0.5) is 36.3 Å². The number of nitrogens with one attached hydrogen (secondary N) is 2. The highest BCUT2D eigenvalue weighted by atomic mass is 35.5. The van der Waals surface area contributed by atoms with Crippen molar-refractivity contribution < 1.29 is 13.2 Å². The van der Waals surface area contributed by atoms with Gasteiger partial charge in [-0.05, 0) is 36.4 Å². The average Bonchev–Trinajstić information content (AvgIpc) is 2.58. The van der Waals surface area contributed by atoms with E-state index in [4.69, 9.17) is 23.2 Å². The van der Waals surface area contributed by atoms with Crippen molar-refractivity contribution in [1.82, 2.24) is 9.97 Å². The Morgan fingerprint density at radius 3 is 2.36 bits per heavy atom. The van der Waals surface area contributed by atoms with E-state index in [1.807, 2.05) is 0 Å². The molecule has 0 saturated carbocycles. The number of halogens is 5. The third kappa shape index (κ3) is 3.94. The van der Waals surface area contributed by atoms with Gasteiger partial charge >= 0.3 is 0 Å². The number of aromatic nitrogens is 2. The molecule has 0 fully saturated rings. The van der Waals surface area contributed by atoms with Crippen molar-refractivity contribution in [3.05, 3.63) is 70.1 Å². The minimum atomic E-state index is -1.56. The van der Waals surface area contributed by atoms with Crippen LogP contribution < -0.4 is 10.6 Å². The van der Waals surface area contributed by atoms with Crippen LogP contribution in [0.2, 0.25) is 10.0 Å². The first-order valence-electron chi connectivity index (χ1n) is 6.89. The van der Waals surface area contributed by atoms with E-state index in [2.05, 4.69) is 20.6 Å². The SMILES string of the molecule is Fc1ccc(Nc2ccnc(Nc3ccc(Cl)cc3Cl)n2)c(F)c1F. The molecule has 1 aromatic heterocycles. The van der Waals surface area contributed by atoms with Crippen LogP contribution in [-0.2, 0) is 0 Å². The molecule has 3 aromatic rings. The zero-order valence-electron chi connectivity index (χ0n) is 12.3. The Morgan fingerprint density at radius 2 is 1.60 bits per heavy atom. The topological polar surface area (TPSA) is 49.8 Å². The number of hydrogen-bond acceptors (Lipinski definition) is 4. The molecular formula is C16H9Cl2F3N4. The Bertz CT molecular complexity index is 937. The molecule has 0 aliphatic rings. The maximum atomic E-state index is 13.7. The summed E-state index contributed by atoms with van der Waals surface area (Å²) in [5.41, 5.74) is 0.260. The Morgan fingerprint density at radius 1 is 0.840 bits per heavy atom. The van der Waals surface area contributed by atoms with Gasteiger partial charge in [0.2, 0.25) is 5.95 Å². The molecule has 3 rings (SSSR count). The van der Waals surface area contributed by atoms with E-state index in [9.17, 15) is 13.2 Å². The van der Waals surface area contributed by atoms with Gasteiger partial charge in [-0.3, -0.25) is 0 Å². The maximum absolute atomic E-state index is 13.7. The number of rotatable bonds is 4. The molecule has 0 atom stereocenters. The first-order valence-corrected chi connectivity index (χ1v) is 7.65. The fourth-order valence-electron chi connectivity index (χ4n) is 1.96. The maximum Gasteiger partial charge on any atom is 0.229 e. The predicted molar refractivity (Wildman–Crippen MR) is 91.4 cm³/mol. The van der Waals surface area contributed by atoms with Gasteiger partial charge < -0.3 is 10.6 Å². The highest BCUT2D eigenvalue weighted by molar-refractivity contribution is 6.36. The molecule has 4 nitrogen and oxygen atoms in total. The van der Waals surface area contributed by atoms with Gasteiger partial charge in [-0.15, -0.1) is 0 Å². The minimum Gasteiger partial charge on any atom is -0.338 e. The highest BCUT2D eigenvalue weighted by Crippen LogP contribution is 2.28. The van der Waals surface area contributed by atoms with Crippen LogP contribution in [0.25, 0.3) is 0 Å². The van der Waals surface area contributed by atoms with Crippen molar-refractivity contribution in [1.29, 1.82) is 0 Å².